The molecule has 1 aliphatic heterocycles. The van der Waals surface area contributed by atoms with Crippen molar-refractivity contribution >= 4 is 0 Å². The second-order valence-electron chi connectivity index (χ2n) is 6.74. The van der Waals surface area contributed by atoms with Crippen molar-refractivity contribution in [3.63, 3.8) is 0 Å². The molecule has 0 fully saturated rings. The molecule has 0 radical (unpaired) electrons. The fourth-order valence-electron chi connectivity index (χ4n) is 3.47. The molecule has 3 aromatic heterocycles. The Kier molecular flexibility index (Phi) is 4.07. The van der Waals surface area contributed by atoms with E-state index >= 15 is 0 Å². The van der Waals surface area contributed by atoms with Gasteiger partial charge in [0.1, 0.15) is 11.5 Å². The van der Waals surface area contributed by atoms with Crippen LogP contribution in [0, 0.1) is 0 Å². The molecule has 4 aromatic rings. The fraction of sp³-hybridized carbons (Fsp3) is 0.182. The zero-order valence-electron chi connectivity index (χ0n) is 14.8. The van der Waals surface area contributed by atoms with E-state index < -0.39 is 0 Å². The number of hydrogen-bond acceptors (Lipinski definition) is 5. The Balaban J connectivity index is 1.30. The van der Waals surface area contributed by atoms with Gasteiger partial charge in [0.2, 0.25) is 0 Å². The van der Waals surface area contributed by atoms with E-state index in [1.807, 2.05) is 42.6 Å². The van der Waals surface area contributed by atoms with Gasteiger partial charge in [-0.05, 0) is 24.3 Å². The minimum absolute atomic E-state index is 0.658. The molecule has 0 bridgehead atoms. The average molecular weight is 357 g/mol. The van der Waals surface area contributed by atoms with Gasteiger partial charge in [-0.1, -0.05) is 30.3 Å². The summed E-state index contributed by atoms with van der Waals surface area (Å²) in [5.41, 5.74) is 3.38. The zero-order valence-corrected chi connectivity index (χ0v) is 14.8. The quantitative estimate of drug-likeness (QED) is 0.536. The highest BCUT2D eigenvalue weighted by Crippen LogP contribution is 2.25. The van der Waals surface area contributed by atoms with Crippen LogP contribution in [-0.4, -0.2) is 21.4 Å². The molecular weight excluding hydrogens is 338 g/mol. The Morgan fingerprint density at radius 3 is 2.74 bits per heavy atom. The van der Waals surface area contributed by atoms with Crippen LogP contribution in [0.2, 0.25) is 0 Å². The van der Waals surface area contributed by atoms with Gasteiger partial charge in [0.05, 0.1) is 18.5 Å². The summed E-state index contributed by atoms with van der Waals surface area (Å²) >= 11 is 0. The van der Waals surface area contributed by atoms with Crippen molar-refractivity contribution in [1.82, 2.24) is 14.9 Å². The topological polar surface area (TPSA) is 55.3 Å². The van der Waals surface area contributed by atoms with Crippen LogP contribution in [0.3, 0.4) is 0 Å². The standard InChI is InChI=1S/C22H19N3O2/c1-2-5-16(6-3-1)20-9-8-18(27-20)15-25-11-10-19-17(14-25)13-23-22(24-19)21-7-4-12-26-21/h1-9,12-13H,10-11,14-15H2. The monoisotopic (exact) mass is 357 g/mol. The summed E-state index contributed by atoms with van der Waals surface area (Å²) in [7, 11) is 0. The maximum absolute atomic E-state index is 6.04. The van der Waals surface area contributed by atoms with Crippen molar-refractivity contribution in [2.45, 2.75) is 19.5 Å². The summed E-state index contributed by atoms with van der Waals surface area (Å²) in [4.78, 5) is 11.5. The number of nitrogens with zero attached hydrogens (tertiary/aromatic N) is 3. The zero-order chi connectivity index (χ0) is 18.1. The molecule has 0 amide bonds. The van der Waals surface area contributed by atoms with E-state index in [1.54, 1.807) is 6.26 Å². The van der Waals surface area contributed by atoms with Crippen LogP contribution in [0.15, 0.2) is 75.9 Å². The van der Waals surface area contributed by atoms with E-state index in [-0.39, 0.29) is 0 Å². The van der Waals surface area contributed by atoms with Gasteiger partial charge in [-0.2, -0.15) is 0 Å². The van der Waals surface area contributed by atoms with Crippen molar-refractivity contribution in [3.8, 4) is 22.9 Å². The van der Waals surface area contributed by atoms with Gasteiger partial charge in [0.15, 0.2) is 11.6 Å². The van der Waals surface area contributed by atoms with Gasteiger partial charge in [-0.25, -0.2) is 9.97 Å². The van der Waals surface area contributed by atoms with Crippen LogP contribution in [0.5, 0.6) is 0 Å². The highest BCUT2D eigenvalue weighted by atomic mass is 16.3. The molecule has 0 aliphatic carbocycles. The van der Waals surface area contributed by atoms with Gasteiger partial charge in [0, 0.05) is 36.8 Å². The van der Waals surface area contributed by atoms with Crippen LogP contribution in [-0.2, 0) is 19.5 Å². The van der Waals surface area contributed by atoms with E-state index in [1.165, 1.54) is 5.56 Å². The lowest BCUT2D eigenvalue weighted by Crippen LogP contribution is -2.30. The maximum atomic E-state index is 6.04. The van der Waals surface area contributed by atoms with Crippen molar-refractivity contribution in [2.24, 2.45) is 0 Å². The lowest BCUT2D eigenvalue weighted by atomic mass is 10.1. The first-order valence-electron chi connectivity index (χ1n) is 9.10. The minimum Gasteiger partial charge on any atom is -0.461 e. The maximum Gasteiger partial charge on any atom is 0.195 e. The third-order valence-electron chi connectivity index (χ3n) is 4.85. The first kappa shape index (κ1) is 16.0. The Labute approximate surface area is 157 Å². The Morgan fingerprint density at radius 1 is 0.963 bits per heavy atom. The second-order valence-corrected chi connectivity index (χ2v) is 6.74. The first-order chi connectivity index (χ1) is 13.3. The molecule has 27 heavy (non-hydrogen) atoms. The Morgan fingerprint density at radius 2 is 1.89 bits per heavy atom. The molecule has 5 nitrogen and oxygen atoms in total. The molecule has 5 heteroatoms. The highest BCUT2D eigenvalue weighted by Gasteiger charge is 2.20. The third kappa shape index (κ3) is 3.29. The van der Waals surface area contributed by atoms with Crippen LogP contribution < -0.4 is 0 Å². The van der Waals surface area contributed by atoms with Crippen LogP contribution in [0.1, 0.15) is 17.0 Å². The number of fused-ring (bicyclic) bond motifs is 1. The van der Waals surface area contributed by atoms with Crippen LogP contribution >= 0.6 is 0 Å². The Bertz CT molecular complexity index is 1040. The molecule has 1 aromatic carbocycles. The summed E-state index contributed by atoms with van der Waals surface area (Å²) in [6, 6.07) is 18.0. The van der Waals surface area contributed by atoms with Gasteiger partial charge >= 0.3 is 0 Å². The van der Waals surface area contributed by atoms with Gasteiger partial charge in [-0.15, -0.1) is 0 Å². The molecule has 0 unspecified atom stereocenters. The number of aromatic nitrogens is 2. The summed E-state index contributed by atoms with van der Waals surface area (Å²) in [5, 5.41) is 0. The van der Waals surface area contributed by atoms with Gasteiger partial charge < -0.3 is 8.83 Å². The van der Waals surface area contributed by atoms with Crippen molar-refractivity contribution in [3.05, 3.63) is 84.1 Å². The largest absolute Gasteiger partial charge is 0.461 e. The molecule has 134 valence electrons. The molecular formula is C22H19N3O2. The lowest BCUT2D eigenvalue weighted by molar-refractivity contribution is 0.224. The average Bonchev–Trinajstić information content (AvgIpc) is 3.41. The molecule has 0 saturated heterocycles. The second kappa shape index (κ2) is 6.85. The smallest absolute Gasteiger partial charge is 0.195 e. The van der Waals surface area contributed by atoms with Gasteiger partial charge in [-0.3, -0.25) is 4.90 Å². The summed E-state index contributed by atoms with van der Waals surface area (Å²) in [5.74, 6) is 3.26. The van der Waals surface area contributed by atoms with E-state index in [0.29, 0.717) is 11.6 Å². The highest BCUT2D eigenvalue weighted by molar-refractivity contribution is 5.57. The molecule has 1 aliphatic rings. The molecule has 0 spiro atoms. The predicted molar refractivity (Wildman–Crippen MR) is 102 cm³/mol. The van der Waals surface area contributed by atoms with E-state index in [9.17, 15) is 0 Å². The number of rotatable bonds is 4. The number of benzene rings is 1. The predicted octanol–water partition coefficient (Wildman–Crippen LogP) is 4.55. The SMILES string of the molecule is c1ccc(-c2ccc(CN3CCc4nc(-c5ccco5)ncc4C3)o2)cc1. The fourth-order valence-corrected chi connectivity index (χ4v) is 3.47. The third-order valence-corrected chi connectivity index (χ3v) is 4.85. The lowest BCUT2D eigenvalue weighted by Gasteiger charge is -2.27. The van der Waals surface area contributed by atoms with Gasteiger partial charge in [0.25, 0.3) is 0 Å². The first-order valence-corrected chi connectivity index (χ1v) is 9.10. The van der Waals surface area contributed by atoms with E-state index in [2.05, 4.69) is 33.1 Å². The normalized spacial score (nSPS) is 14.2. The minimum atomic E-state index is 0.658. The molecule has 5 rings (SSSR count). The van der Waals surface area contributed by atoms with Crippen molar-refractivity contribution in [2.75, 3.05) is 6.54 Å². The Hall–Kier alpha value is -3.18. The summed E-state index contributed by atoms with van der Waals surface area (Å²) in [6.45, 7) is 2.56. The molecule has 0 saturated carbocycles. The number of hydrogen-bond donors (Lipinski definition) is 0. The number of furan rings is 2. The molecule has 0 N–H and O–H groups in total. The summed E-state index contributed by atoms with van der Waals surface area (Å²) < 4.78 is 11.4. The summed E-state index contributed by atoms with van der Waals surface area (Å²) in [6.07, 6.45) is 4.47. The van der Waals surface area contributed by atoms with E-state index in [4.69, 9.17) is 8.83 Å². The van der Waals surface area contributed by atoms with Crippen LogP contribution in [0.4, 0.5) is 0 Å². The van der Waals surface area contributed by atoms with Crippen molar-refractivity contribution < 1.29 is 8.83 Å². The van der Waals surface area contributed by atoms with E-state index in [0.717, 1.165) is 48.8 Å². The molecule has 4 heterocycles. The van der Waals surface area contributed by atoms with Crippen molar-refractivity contribution in [1.29, 1.82) is 0 Å². The molecule has 0 atom stereocenters. The van der Waals surface area contributed by atoms with Crippen LogP contribution in [0.25, 0.3) is 22.9 Å².